The van der Waals surface area contributed by atoms with Crippen LogP contribution in [0.2, 0.25) is 18.1 Å². The van der Waals surface area contributed by atoms with E-state index in [1.165, 1.54) is 11.1 Å². The number of benzene rings is 1. The third-order valence-corrected chi connectivity index (χ3v) is 15.4. The van der Waals surface area contributed by atoms with Gasteiger partial charge in [-0.15, -0.1) is 0 Å². The average Bonchev–Trinajstić information content (AvgIpc) is 3.41. The molecule has 1 aliphatic heterocycles. The van der Waals surface area contributed by atoms with Gasteiger partial charge in [0.05, 0.1) is 13.2 Å². The number of fused-ring (bicyclic) bond motifs is 5. The van der Waals surface area contributed by atoms with Gasteiger partial charge in [-0.3, -0.25) is 4.79 Å². The van der Waals surface area contributed by atoms with E-state index in [4.69, 9.17) is 13.9 Å². The summed E-state index contributed by atoms with van der Waals surface area (Å²) >= 11 is 0. The predicted octanol–water partition coefficient (Wildman–Crippen LogP) is 7.43. The molecule has 0 unspecified atom stereocenters. The fourth-order valence-corrected chi connectivity index (χ4v) is 9.01. The molecule has 0 radical (unpaired) electrons. The lowest BCUT2D eigenvalue weighted by atomic mass is 9.48. The van der Waals surface area contributed by atoms with Gasteiger partial charge in [-0.2, -0.15) is 0 Å². The van der Waals surface area contributed by atoms with E-state index in [-0.39, 0.29) is 16.2 Å². The first-order valence-electron chi connectivity index (χ1n) is 14.4. The Hall–Kier alpha value is -1.69. The number of carbonyl (C=O) groups is 1. The molecule has 6 rings (SSSR count). The molecule has 0 aromatic heterocycles. The number of rotatable bonds is 3. The molecule has 2 saturated carbocycles. The van der Waals surface area contributed by atoms with E-state index >= 15 is 0 Å². The second-order valence-corrected chi connectivity index (χ2v) is 18.8. The van der Waals surface area contributed by atoms with Gasteiger partial charge in [-0.25, -0.2) is 0 Å². The minimum atomic E-state index is -1.89. The van der Waals surface area contributed by atoms with Crippen molar-refractivity contribution in [2.24, 2.45) is 29.1 Å². The van der Waals surface area contributed by atoms with E-state index in [0.717, 1.165) is 37.9 Å². The highest BCUT2D eigenvalue weighted by atomic mass is 28.4. The summed E-state index contributed by atoms with van der Waals surface area (Å²) in [6.45, 7) is 15.1. The molecule has 37 heavy (non-hydrogen) atoms. The minimum absolute atomic E-state index is 0.164. The molecule has 1 heterocycles. The lowest BCUT2D eigenvalue weighted by molar-refractivity contribution is -0.176. The first-order valence-corrected chi connectivity index (χ1v) is 17.3. The molecule has 6 atom stereocenters. The predicted molar refractivity (Wildman–Crippen MR) is 149 cm³/mol. The number of allylic oxidation sites excluding steroid dienone is 3. The molecule has 5 aliphatic rings. The molecule has 1 aromatic carbocycles. The molecule has 0 bridgehead atoms. The highest BCUT2D eigenvalue weighted by Gasteiger charge is 2.59. The van der Waals surface area contributed by atoms with E-state index in [1.807, 2.05) is 6.08 Å². The normalized spacial score (nSPS) is 36.6. The Balaban J connectivity index is 1.32. The Morgan fingerprint density at radius 1 is 1.05 bits per heavy atom. The fraction of sp³-hybridized carbons (Fsp3) is 0.656. The van der Waals surface area contributed by atoms with Gasteiger partial charge in [0.15, 0.2) is 11.6 Å². The Morgan fingerprint density at radius 2 is 1.76 bits per heavy atom. The van der Waals surface area contributed by atoms with Gasteiger partial charge < -0.3 is 13.9 Å². The van der Waals surface area contributed by atoms with Crippen LogP contribution in [0.3, 0.4) is 0 Å². The Kier molecular flexibility index (Phi) is 5.98. The molecule has 4 nitrogen and oxygen atoms in total. The number of hydrogen-bond donors (Lipinski definition) is 0. The van der Waals surface area contributed by atoms with Crippen LogP contribution in [0.5, 0.6) is 5.75 Å². The topological polar surface area (TPSA) is 44.8 Å². The quantitative estimate of drug-likeness (QED) is 0.307. The van der Waals surface area contributed by atoms with E-state index in [0.29, 0.717) is 48.6 Å². The molecule has 0 amide bonds. The van der Waals surface area contributed by atoms with Gasteiger partial charge in [0.2, 0.25) is 8.32 Å². The van der Waals surface area contributed by atoms with Crippen molar-refractivity contribution in [1.29, 1.82) is 0 Å². The van der Waals surface area contributed by atoms with Crippen LogP contribution >= 0.6 is 0 Å². The summed E-state index contributed by atoms with van der Waals surface area (Å²) in [6.07, 6.45) is 11.6. The van der Waals surface area contributed by atoms with Gasteiger partial charge in [0.1, 0.15) is 5.75 Å². The monoisotopic (exact) mass is 520 g/mol. The molecular weight excluding hydrogens is 476 g/mol. The zero-order chi connectivity index (χ0) is 26.2. The highest BCUT2D eigenvalue weighted by molar-refractivity contribution is 6.74. The molecular formula is C32H44O4Si. The minimum Gasteiger partial charge on any atom is -0.544 e. The summed E-state index contributed by atoms with van der Waals surface area (Å²) in [5.41, 5.74) is 2.61. The van der Waals surface area contributed by atoms with E-state index in [2.05, 4.69) is 77.2 Å². The van der Waals surface area contributed by atoms with Gasteiger partial charge >= 0.3 is 0 Å². The summed E-state index contributed by atoms with van der Waals surface area (Å²) < 4.78 is 18.8. The maximum atomic E-state index is 13.2. The van der Waals surface area contributed by atoms with Crippen molar-refractivity contribution in [2.75, 3.05) is 13.2 Å². The largest absolute Gasteiger partial charge is 0.544 e. The third-order valence-electron chi connectivity index (χ3n) is 11.0. The molecule has 4 aliphatic carbocycles. The van der Waals surface area contributed by atoms with Gasteiger partial charge in [-0.1, -0.05) is 57.6 Å². The molecule has 1 saturated heterocycles. The van der Waals surface area contributed by atoms with Crippen LogP contribution in [0.25, 0.3) is 0 Å². The summed E-state index contributed by atoms with van der Waals surface area (Å²) in [7, 11) is -1.89. The average molecular weight is 521 g/mol. The van der Waals surface area contributed by atoms with Crippen LogP contribution in [0.15, 0.2) is 48.1 Å². The first kappa shape index (κ1) is 25.6. The number of carbonyl (C=O) groups excluding carboxylic acids is 1. The van der Waals surface area contributed by atoms with Gasteiger partial charge in [-0.05, 0) is 90.8 Å². The summed E-state index contributed by atoms with van der Waals surface area (Å²) in [4.78, 5) is 13.2. The number of hydrogen-bond acceptors (Lipinski definition) is 4. The second kappa shape index (κ2) is 8.66. The van der Waals surface area contributed by atoms with E-state index in [9.17, 15) is 4.79 Å². The van der Waals surface area contributed by atoms with Crippen LogP contribution in [-0.4, -0.2) is 33.1 Å². The molecule has 1 spiro atoms. The number of ether oxygens (including phenoxy) is 2. The lowest BCUT2D eigenvalue weighted by Crippen LogP contribution is -2.51. The molecule has 3 fully saturated rings. The smallest absolute Gasteiger partial charge is 0.250 e. The summed E-state index contributed by atoms with van der Waals surface area (Å²) in [5, 5.41) is 0.164. The molecule has 1 aromatic rings. The highest BCUT2D eigenvalue weighted by Crippen LogP contribution is 2.63. The summed E-state index contributed by atoms with van der Waals surface area (Å²) in [5.74, 6) is 3.20. The van der Waals surface area contributed by atoms with Crippen LogP contribution in [0.4, 0.5) is 0 Å². The Labute approximate surface area is 224 Å². The van der Waals surface area contributed by atoms with E-state index < -0.39 is 8.32 Å². The third kappa shape index (κ3) is 4.11. The van der Waals surface area contributed by atoms with Crippen molar-refractivity contribution < 1.29 is 18.7 Å². The van der Waals surface area contributed by atoms with Crippen LogP contribution < -0.4 is 4.43 Å². The molecule has 0 N–H and O–H groups in total. The van der Waals surface area contributed by atoms with Crippen molar-refractivity contribution >= 4 is 14.1 Å². The maximum Gasteiger partial charge on any atom is 0.250 e. The summed E-state index contributed by atoms with van der Waals surface area (Å²) in [6, 6.07) is 8.96. The van der Waals surface area contributed by atoms with Crippen molar-refractivity contribution in [1.82, 2.24) is 0 Å². The Bertz CT molecular complexity index is 1120. The molecule has 5 heteroatoms. The number of ketones is 1. The lowest BCUT2D eigenvalue weighted by Gasteiger charge is -2.56. The van der Waals surface area contributed by atoms with Crippen LogP contribution in [0, 0.1) is 29.1 Å². The first-order chi connectivity index (χ1) is 17.4. The van der Waals surface area contributed by atoms with Crippen molar-refractivity contribution in [3.8, 4) is 5.75 Å². The second-order valence-electron chi connectivity index (χ2n) is 14.1. The van der Waals surface area contributed by atoms with Crippen molar-refractivity contribution in [3.63, 3.8) is 0 Å². The molecule has 200 valence electrons. The fourth-order valence-electron chi connectivity index (χ4n) is 7.98. The zero-order valence-corrected chi connectivity index (χ0v) is 24.5. The zero-order valence-electron chi connectivity index (χ0n) is 23.5. The van der Waals surface area contributed by atoms with Crippen molar-refractivity contribution in [3.05, 3.63) is 53.6 Å². The van der Waals surface area contributed by atoms with Crippen molar-refractivity contribution in [2.45, 2.75) is 89.6 Å². The van der Waals surface area contributed by atoms with Gasteiger partial charge in [0, 0.05) is 18.3 Å². The standard InChI is InChI=1S/C32H44O4Si/c1-30(2,3)37(5,6)36-23-10-7-21(8-11-23)26-20-31(4)27(13-14-28(31)33)25-12-9-22-19-32(34-17-18-35-32)16-15-24(22)29(25)26/h7-11,13-14,24-27,29H,12,15-20H2,1-6H3/t24-,25-,26+,27-,29+,31-/m0/s1. The van der Waals surface area contributed by atoms with Crippen LogP contribution in [-0.2, 0) is 14.3 Å². The Morgan fingerprint density at radius 3 is 2.43 bits per heavy atom. The van der Waals surface area contributed by atoms with Crippen LogP contribution in [0.1, 0.15) is 71.3 Å². The van der Waals surface area contributed by atoms with Gasteiger partial charge in [0.25, 0.3) is 0 Å². The maximum absolute atomic E-state index is 13.2. The SMILES string of the molecule is CC(C)(C)[Si](C)(C)Oc1ccc([C@H]2C[C@]3(C)C(=O)C=C[C@H]3[C@@H]3CC=C4CC5(CC[C@@H]4[C@H]32)OCCO5)cc1. The van der Waals surface area contributed by atoms with E-state index in [1.54, 1.807) is 0 Å².